The Kier molecular flexibility index (Phi) is 7.83. The molecule has 0 radical (unpaired) electrons. The Morgan fingerprint density at radius 1 is 1.21 bits per heavy atom. The highest BCUT2D eigenvalue weighted by molar-refractivity contribution is 7.12. The topological polar surface area (TPSA) is 66.8 Å². The van der Waals surface area contributed by atoms with Gasteiger partial charge in [-0.15, -0.1) is 11.3 Å². The maximum Gasteiger partial charge on any atom is 0.345 e. The predicted octanol–water partition coefficient (Wildman–Crippen LogP) is 5.28. The number of carbonyl (C=O) groups is 2. The summed E-state index contributed by atoms with van der Waals surface area (Å²) in [6, 6.07) is 10.0. The largest absolute Gasteiger partial charge is 0.477 e. The third kappa shape index (κ3) is 5.90. The van der Waals surface area contributed by atoms with Crippen LogP contribution in [0.3, 0.4) is 0 Å². The van der Waals surface area contributed by atoms with Crippen LogP contribution in [0.15, 0.2) is 35.7 Å². The second kappa shape index (κ2) is 10.6. The van der Waals surface area contributed by atoms with Gasteiger partial charge in [0.05, 0.1) is 19.3 Å². The standard InChI is InChI=1S/C23H29NO4S/c1-2-3-4-5-6-17-7-9-19(10-8-17)24-20(11-12-22(24)25)15-28-14-18-13-21(23(26)27)29-16-18/h7-10,13,16,20H,2-6,11-12,14-15H2,1H3,(H,26,27)/t20-/m1/s1. The van der Waals surface area contributed by atoms with Crippen molar-refractivity contribution >= 4 is 28.9 Å². The summed E-state index contributed by atoms with van der Waals surface area (Å²) in [6.45, 7) is 3.03. The number of aryl methyl sites for hydroxylation is 1. The van der Waals surface area contributed by atoms with Gasteiger partial charge in [0.1, 0.15) is 4.88 Å². The first kappa shape index (κ1) is 21.5. The molecule has 0 bridgehead atoms. The Labute approximate surface area is 176 Å². The molecule has 1 aliphatic rings. The number of rotatable bonds is 11. The van der Waals surface area contributed by atoms with E-state index >= 15 is 0 Å². The molecule has 1 fully saturated rings. The number of carbonyl (C=O) groups excluding carboxylic acids is 1. The number of ether oxygens (including phenoxy) is 1. The van der Waals surface area contributed by atoms with E-state index in [0.29, 0.717) is 24.5 Å². The molecule has 0 aliphatic carbocycles. The summed E-state index contributed by atoms with van der Waals surface area (Å²) < 4.78 is 5.82. The average Bonchev–Trinajstić information content (AvgIpc) is 3.33. The summed E-state index contributed by atoms with van der Waals surface area (Å²) in [5.74, 6) is -0.777. The molecule has 1 aliphatic heterocycles. The smallest absolute Gasteiger partial charge is 0.345 e. The summed E-state index contributed by atoms with van der Waals surface area (Å²) in [4.78, 5) is 25.6. The number of anilines is 1. The van der Waals surface area contributed by atoms with Gasteiger partial charge in [0.25, 0.3) is 0 Å². The Balaban J connectivity index is 1.53. The highest BCUT2D eigenvalue weighted by atomic mass is 32.1. The van der Waals surface area contributed by atoms with Crippen molar-refractivity contribution in [2.24, 2.45) is 0 Å². The van der Waals surface area contributed by atoms with Gasteiger partial charge in [-0.3, -0.25) is 4.79 Å². The predicted molar refractivity (Wildman–Crippen MR) is 116 cm³/mol. The monoisotopic (exact) mass is 415 g/mol. The first-order valence-corrected chi connectivity index (χ1v) is 11.3. The number of thiophene rings is 1. The molecule has 5 nitrogen and oxygen atoms in total. The number of benzene rings is 1. The van der Waals surface area contributed by atoms with E-state index in [1.54, 1.807) is 11.4 Å². The fourth-order valence-electron chi connectivity index (χ4n) is 3.71. The van der Waals surface area contributed by atoms with E-state index in [1.165, 1.54) is 42.6 Å². The maximum absolute atomic E-state index is 12.4. The molecule has 3 rings (SSSR count). The van der Waals surface area contributed by atoms with Crippen LogP contribution in [0.5, 0.6) is 0 Å². The van der Waals surface area contributed by atoms with Gasteiger partial charge in [-0.2, -0.15) is 0 Å². The third-order valence-corrected chi connectivity index (χ3v) is 6.27. The van der Waals surface area contributed by atoms with Gasteiger partial charge < -0.3 is 14.7 Å². The number of hydrogen-bond donors (Lipinski definition) is 1. The molecular weight excluding hydrogens is 386 g/mol. The minimum absolute atomic E-state index is 0.0236. The highest BCUT2D eigenvalue weighted by Crippen LogP contribution is 2.28. The quantitative estimate of drug-likeness (QED) is 0.507. The number of unbranched alkanes of at least 4 members (excludes halogenated alkanes) is 3. The van der Waals surface area contributed by atoms with E-state index in [0.717, 1.165) is 24.1 Å². The number of hydrogen-bond acceptors (Lipinski definition) is 4. The zero-order valence-corrected chi connectivity index (χ0v) is 17.7. The summed E-state index contributed by atoms with van der Waals surface area (Å²) in [6.07, 6.45) is 7.40. The molecule has 29 heavy (non-hydrogen) atoms. The van der Waals surface area contributed by atoms with Gasteiger partial charge >= 0.3 is 5.97 Å². The van der Waals surface area contributed by atoms with Crippen molar-refractivity contribution in [1.82, 2.24) is 0 Å². The Hall–Kier alpha value is -2.18. The number of nitrogens with zero attached hydrogens (tertiary/aromatic N) is 1. The normalized spacial score (nSPS) is 16.5. The fourth-order valence-corrected chi connectivity index (χ4v) is 4.45. The van der Waals surface area contributed by atoms with Crippen molar-refractivity contribution < 1.29 is 19.4 Å². The SMILES string of the molecule is CCCCCCc1ccc(N2C(=O)CC[C@@H]2COCc2csc(C(=O)O)c2)cc1. The van der Waals surface area contributed by atoms with Crippen LogP contribution in [0.4, 0.5) is 5.69 Å². The number of aromatic carboxylic acids is 1. The van der Waals surface area contributed by atoms with Crippen LogP contribution in [0.2, 0.25) is 0 Å². The van der Waals surface area contributed by atoms with E-state index in [9.17, 15) is 9.59 Å². The molecule has 0 unspecified atom stereocenters. The number of carboxylic acids is 1. The minimum atomic E-state index is -0.914. The molecule has 0 saturated carbocycles. The molecule has 1 aromatic carbocycles. The van der Waals surface area contributed by atoms with Gasteiger partial charge in [0.15, 0.2) is 0 Å². The molecule has 2 heterocycles. The Morgan fingerprint density at radius 3 is 2.69 bits per heavy atom. The lowest BCUT2D eigenvalue weighted by Crippen LogP contribution is -2.36. The molecular formula is C23H29NO4S. The molecule has 1 aromatic heterocycles. The van der Waals surface area contributed by atoms with Crippen molar-refractivity contribution in [1.29, 1.82) is 0 Å². The van der Waals surface area contributed by atoms with Crippen LogP contribution >= 0.6 is 11.3 Å². The van der Waals surface area contributed by atoms with E-state index in [4.69, 9.17) is 9.84 Å². The lowest BCUT2D eigenvalue weighted by molar-refractivity contribution is -0.117. The van der Waals surface area contributed by atoms with Crippen LogP contribution < -0.4 is 4.90 Å². The van der Waals surface area contributed by atoms with Crippen molar-refractivity contribution in [2.75, 3.05) is 11.5 Å². The lowest BCUT2D eigenvalue weighted by Gasteiger charge is -2.25. The van der Waals surface area contributed by atoms with Crippen molar-refractivity contribution in [2.45, 2.75) is 64.5 Å². The van der Waals surface area contributed by atoms with Crippen molar-refractivity contribution in [3.8, 4) is 0 Å². The van der Waals surface area contributed by atoms with E-state index in [2.05, 4.69) is 19.1 Å². The Bertz CT molecular complexity index is 815. The van der Waals surface area contributed by atoms with Crippen molar-refractivity contribution in [3.05, 3.63) is 51.7 Å². The number of amides is 1. The van der Waals surface area contributed by atoms with E-state index in [-0.39, 0.29) is 11.9 Å². The van der Waals surface area contributed by atoms with Crippen LogP contribution in [-0.4, -0.2) is 29.6 Å². The molecule has 1 saturated heterocycles. The zero-order valence-electron chi connectivity index (χ0n) is 16.9. The summed E-state index contributed by atoms with van der Waals surface area (Å²) in [7, 11) is 0. The average molecular weight is 416 g/mol. The fraction of sp³-hybridized carbons (Fsp3) is 0.478. The number of carboxylic acid groups (broad SMARTS) is 1. The molecule has 1 N–H and O–H groups in total. The molecule has 1 atom stereocenters. The Morgan fingerprint density at radius 2 is 2.00 bits per heavy atom. The molecule has 0 spiro atoms. The van der Waals surface area contributed by atoms with E-state index < -0.39 is 5.97 Å². The van der Waals surface area contributed by atoms with E-state index in [1.807, 2.05) is 17.0 Å². The highest BCUT2D eigenvalue weighted by Gasteiger charge is 2.32. The molecule has 2 aromatic rings. The third-order valence-electron chi connectivity index (χ3n) is 5.30. The van der Waals surface area contributed by atoms with Crippen LogP contribution in [-0.2, 0) is 22.6 Å². The second-order valence-electron chi connectivity index (χ2n) is 7.57. The van der Waals surface area contributed by atoms with Gasteiger partial charge in [-0.25, -0.2) is 4.79 Å². The summed E-state index contributed by atoms with van der Waals surface area (Å²) in [5.41, 5.74) is 3.11. The summed E-state index contributed by atoms with van der Waals surface area (Å²) >= 11 is 1.20. The first-order valence-electron chi connectivity index (χ1n) is 10.4. The van der Waals surface area contributed by atoms with Crippen LogP contribution in [0.1, 0.15) is 66.2 Å². The van der Waals surface area contributed by atoms with Gasteiger partial charge in [-0.1, -0.05) is 38.3 Å². The molecule has 156 valence electrons. The zero-order chi connectivity index (χ0) is 20.6. The first-order chi connectivity index (χ1) is 14.1. The molecule has 6 heteroatoms. The van der Waals surface area contributed by atoms with Crippen LogP contribution in [0, 0.1) is 0 Å². The van der Waals surface area contributed by atoms with Gasteiger partial charge in [0, 0.05) is 12.1 Å². The van der Waals surface area contributed by atoms with Crippen molar-refractivity contribution in [3.63, 3.8) is 0 Å². The maximum atomic E-state index is 12.4. The lowest BCUT2D eigenvalue weighted by atomic mass is 10.1. The van der Waals surface area contributed by atoms with Crippen LogP contribution in [0.25, 0.3) is 0 Å². The van der Waals surface area contributed by atoms with Gasteiger partial charge in [-0.05, 0) is 54.0 Å². The minimum Gasteiger partial charge on any atom is -0.477 e. The molecule has 1 amide bonds. The summed E-state index contributed by atoms with van der Waals surface area (Å²) in [5, 5.41) is 10.8. The van der Waals surface area contributed by atoms with Gasteiger partial charge in [0.2, 0.25) is 5.91 Å². The second-order valence-corrected chi connectivity index (χ2v) is 8.48.